The molecule has 37 heavy (non-hydrogen) atoms. The molecule has 0 spiro atoms. The van der Waals surface area contributed by atoms with Crippen LogP contribution in [0, 0.1) is 0 Å². The van der Waals surface area contributed by atoms with Crippen molar-refractivity contribution < 1.29 is 52.1 Å². The van der Waals surface area contributed by atoms with Crippen LogP contribution in [0.4, 0.5) is 0 Å². The second-order valence-electron chi connectivity index (χ2n) is 7.46. The van der Waals surface area contributed by atoms with Crippen molar-refractivity contribution in [3.05, 3.63) is 0 Å². The molecule has 0 aliphatic rings. The summed E-state index contributed by atoms with van der Waals surface area (Å²) in [5.41, 5.74) is 5.38. The lowest BCUT2D eigenvalue weighted by molar-refractivity contribution is -0.0274. The van der Waals surface area contributed by atoms with Crippen LogP contribution in [0.15, 0.2) is 0 Å². The zero-order valence-corrected chi connectivity index (χ0v) is 23.0. The van der Waals surface area contributed by atoms with E-state index >= 15 is 0 Å². The van der Waals surface area contributed by atoms with E-state index in [0.29, 0.717) is 152 Å². The molecule has 12 heteroatoms. The molecule has 0 saturated heterocycles. The van der Waals surface area contributed by atoms with Crippen molar-refractivity contribution in [3.63, 3.8) is 0 Å². The first-order chi connectivity index (χ1) is 18.4. The summed E-state index contributed by atoms with van der Waals surface area (Å²) in [5.74, 6) is 0. The van der Waals surface area contributed by atoms with E-state index in [1.807, 2.05) is 6.92 Å². The molecule has 0 aromatic heterocycles. The normalized spacial score (nSPS) is 11.5. The van der Waals surface area contributed by atoms with Crippen LogP contribution in [-0.4, -0.2) is 152 Å². The maximum absolute atomic E-state index is 5.46. The smallest absolute Gasteiger partial charge is 0.0701 e. The summed E-state index contributed by atoms with van der Waals surface area (Å²) in [7, 11) is 0. The summed E-state index contributed by atoms with van der Waals surface area (Å²) >= 11 is 0. The summed E-state index contributed by atoms with van der Waals surface area (Å²) in [5, 5.41) is 0. The van der Waals surface area contributed by atoms with Gasteiger partial charge in [0.2, 0.25) is 0 Å². The first kappa shape index (κ1) is 36.5. The maximum atomic E-state index is 5.46. The van der Waals surface area contributed by atoms with Crippen molar-refractivity contribution in [1.29, 1.82) is 0 Å². The average Bonchev–Trinajstić information content (AvgIpc) is 2.91. The van der Waals surface area contributed by atoms with Crippen LogP contribution in [0.3, 0.4) is 0 Å². The highest BCUT2D eigenvalue weighted by molar-refractivity contribution is 4.39. The third-order valence-electron chi connectivity index (χ3n) is 4.42. The zero-order chi connectivity index (χ0) is 26.7. The van der Waals surface area contributed by atoms with E-state index in [1.54, 1.807) is 0 Å². The molecule has 0 bridgehead atoms. The van der Waals surface area contributed by atoms with Gasteiger partial charge in [0, 0.05) is 13.2 Å². The Bertz CT molecular complexity index is 364. The third-order valence-corrected chi connectivity index (χ3v) is 4.42. The van der Waals surface area contributed by atoms with Crippen LogP contribution in [-0.2, 0) is 52.1 Å². The molecule has 0 amide bonds. The predicted octanol–water partition coefficient (Wildman–Crippen LogP) is 0.538. The third kappa shape index (κ3) is 35.5. The molecule has 0 aliphatic heterocycles. The predicted molar refractivity (Wildman–Crippen MR) is 138 cm³/mol. The summed E-state index contributed by atoms with van der Waals surface area (Å²) in [6.07, 6.45) is 0.876. The highest BCUT2D eigenvalue weighted by Crippen LogP contribution is 1.87. The fourth-order valence-corrected chi connectivity index (χ4v) is 2.53. The Balaban J connectivity index is 3.00. The van der Waals surface area contributed by atoms with Crippen molar-refractivity contribution in [2.75, 3.05) is 152 Å². The van der Waals surface area contributed by atoms with Crippen molar-refractivity contribution >= 4 is 0 Å². The van der Waals surface area contributed by atoms with E-state index in [4.69, 9.17) is 57.8 Å². The molecule has 12 nitrogen and oxygen atoms in total. The van der Waals surface area contributed by atoms with Gasteiger partial charge < -0.3 is 57.8 Å². The van der Waals surface area contributed by atoms with Gasteiger partial charge in [-0.15, -0.1) is 0 Å². The minimum absolute atomic E-state index is 0.522. The second kappa shape index (κ2) is 35.5. The average molecular weight is 544 g/mol. The molecule has 0 aromatic rings. The number of hydrogen-bond donors (Lipinski definition) is 1. The molecule has 224 valence electrons. The van der Waals surface area contributed by atoms with Gasteiger partial charge in [-0.25, -0.2) is 0 Å². The molecule has 0 aromatic carbocycles. The van der Waals surface area contributed by atoms with Crippen LogP contribution in [0.5, 0.6) is 0 Å². The van der Waals surface area contributed by atoms with Crippen molar-refractivity contribution in [2.24, 2.45) is 5.73 Å². The Kier molecular flexibility index (Phi) is 35.1. The van der Waals surface area contributed by atoms with E-state index in [0.717, 1.165) is 6.42 Å². The number of ether oxygens (including phenoxy) is 11. The van der Waals surface area contributed by atoms with Crippen LogP contribution < -0.4 is 5.73 Å². The molecule has 0 radical (unpaired) electrons. The topological polar surface area (TPSA) is 128 Å². The lowest BCUT2D eigenvalue weighted by Gasteiger charge is -2.09. The van der Waals surface area contributed by atoms with Crippen molar-refractivity contribution in [2.45, 2.75) is 13.3 Å². The van der Waals surface area contributed by atoms with Gasteiger partial charge in [0.05, 0.1) is 132 Å². The molecule has 0 fully saturated rings. The minimum atomic E-state index is 0.522. The van der Waals surface area contributed by atoms with Gasteiger partial charge in [-0.05, 0) is 19.9 Å². The Morgan fingerprint density at radius 3 is 0.676 bits per heavy atom. The lowest BCUT2D eigenvalue weighted by atomic mass is 10.5. The lowest BCUT2D eigenvalue weighted by Crippen LogP contribution is -2.15. The molecular weight excluding hydrogens is 490 g/mol. The van der Waals surface area contributed by atoms with E-state index in [-0.39, 0.29) is 0 Å². The van der Waals surface area contributed by atoms with Gasteiger partial charge in [0.1, 0.15) is 0 Å². The summed E-state index contributed by atoms with van der Waals surface area (Å²) < 4.78 is 59.3. The highest BCUT2D eigenvalue weighted by Gasteiger charge is 1.96. The zero-order valence-electron chi connectivity index (χ0n) is 23.0. The van der Waals surface area contributed by atoms with Gasteiger partial charge in [-0.3, -0.25) is 0 Å². The van der Waals surface area contributed by atoms with Crippen LogP contribution >= 0.6 is 0 Å². The molecule has 0 heterocycles. The maximum Gasteiger partial charge on any atom is 0.0701 e. The summed E-state index contributed by atoms with van der Waals surface area (Å²) in [4.78, 5) is 0. The molecule has 0 atom stereocenters. The first-order valence-electron chi connectivity index (χ1n) is 13.5. The molecule has 0 saturated carbocycles. The molecule has 0 rings (SSSR count). The highest BCUT2D eigenvalue weighted by atomic mass is 16.6. The fourth-order valence-electron chi connectivity index (χ4n) is 2.53. The van der Waals surface area contributed by atoms with Gasteiger partial charge in [-0.2, -0.15) is 0 Å². The van der Waals surface area contributed by atoms with Gasteiger partial charge >= 0.3 is 0 Å². The number of rotatable bonds is 34. The Hall–Kier alpha value is -0.480. The van der Waals surface area contributed by atoms with Gasteiger partial charge in [-0.1, -0.05) is 0 Å². The Labute approximate surface area is 223 Å². The summed E-state index contributed by atoms with van der Waals surface area (Å²) in [6.45, 7) is 14.9. The molecule has 0 unspecified atom stereocenters. The van der Waals surface area contributed by atoms with Crippen LogP contribution in [0.2, 0.25) is 0 Å². The quantitative estimate of drug-likeness (QED) is 0.114. The largest absolute Gasteiger partial charge is 0.379 e. The van der Waals surface area contributed by atoms with E-state index in [2.05, 4.69) is 0 Å². The van der Waals surface area contributed by atoms with E-state index in [1.165, 1.54) is 0 Å². The molecule has 0 aliphatic carbocycles. The van der Waals surface area contributed by atoms with E-state index < -0.39 is 0 Å². The summed E-state index contributed by atoms with van der Waals surface area (Å²) in [6, 6.07) is 0. The standard InChI is InChI=1S/C25H53NO11/c1-2-27-6-7-29-10-11-31-14-15-33-18-19-35-22-23-37-25-24-36-21-20-34-17-16-32-13-12-30-9-8-28-5-3-4-26/h2-26H2,1H3. The second-order valence-corrected chi connectivity index (χ2v) is 7.46. The number of hydrogen-bond acceptors (Lipinski definition) is 12. The Morgan fingerprint density at radius 2 is 0.486 bits per heavy atom. The first-order valence-corrected chi connectivity index (χ1v) is 13.5. The van der Waals surface area contributed by atoms with Gasteiger partial charge in [0.25, 0.3) is 0 Å². The van der Waals surface area contributed by atoms with Crippen LogP contribution in [0.25, 0.3) is 0 Å². The number of nitrogens with two attached hydrogens (primary N) is 1. The van der Waals surface area contributed by atoms with Crippen molar-refractivity contribution in [1.82, 2.24) is 0 Å². The minimum Gasteiger partial charge on any atom is -0.379 e. The molecular formula is C25H53NO11. The van der Waals surface area contributed by atoms with Crippen molar-refractivity contribution in [3.8, 4) is 0 Å². The van der Waals surface area contributed by atoms with Crippen LogP contribution in [0.1, 0.15) is 13.3 Å². The monoisotopic (exact) mass is 543 g/mol. The van der Waals surface area contributed by atoms with Gasteiger partial charge in [0.15, 0.2) is 0 Å². The van der Waals surface area contributed by atoms with E-state index in [9.17, 15) is 0 Å². The molecule has 2 N–H and O–H groups in total. The fraction of sp³-hybridized carbons (Fsp3) is 1.00. The Morgan fingerprint density at radius 1 is 0.297 bits per heavy atom. The SMILES string of the molecule is CCOCCOCCOCCOCCOCCOCCOCCOCCOCCOCCOCCCN.